The van der Waals surface area contributed by atoms with Gasteiger partial charge in [0.05, 0.1) is 0 Å². The molecule has 0 spiro atoms. The lowest BCUT2D eigenvalue weighted by molar-refractivity contribution is 0.404. The van der Waals surface area contributed by atoms with E-state index in [-0.39, 0.29) is 18.4 Å². The minimum Gasteiger partial charge on any atom is -0.508 e. The zero-order valence-corrected chi connectivity index (χ0v) is 8.68. The number of hydrogen-bond donors (Lipinski definition) is 3. The van der Waals surface area contributed by atoms with Crippen LogP contribution >= 0.6 is 12.4 Å². The van der Waals surface area contributed by atoms with Crippen LogP contribution < -0.4 is 10.6 Å². The predicted molar refractivity (Wildman–Crippen MR) is 59.0 cm³/mol. The summed E-state index contributed by atoms with van der Waals surface area (Å²) in [5.41, 5.74) is 0.981. The summed E-state index contributed by atoms with van der Waals surface area (Å²) in [4.78, 5) is 0. The van der Waals surface area contributed by atoms with Gasteiger partial charge in [-0.15, -0.1) is 12.4 Å². The number of phenols is 1. The Balaban J connectivity index is 0.000000980. The highest BCUT2D eigenvalue weighted by Crippen LogP contribution is 2.23. The lowest BCUT2D eigenvalue weighted by Crippen LogP contribution is -2.42. The lowest BCUT2D eigenvalue weighted by Gasteiger charge is -2.25. The van der Waals surface area contributed by atoms with Gasteiger partial charge in [0.1, 0.15) is 5.75 Å². The van der Waals surface area contributed by atoms with Gasteiger partial charge in [-0.1, -0.05) is 18.2 Å². The Morgan fingerprint density at radius 1 is 1.21 bits per heavy atom. The quantitative estimate of drug-likeness (QED) is 0.655. The van der Waals surface area contributed by atoms with E-state index in [1.807, 2.05) is 18.2 Å². The third-order valence-electron chi connectivity index (χ3n) is 2.35. The van der Waals surface area contributed by atoms with Crippen LogP contribution in [0.5, 0.6) is 5.75 Å². The van der Waals surface area contributed by atoms with E-state index in [0.717, 1.165) is 25.2 Å². The Hall–Kier alpha value is -0.770. The van der Waals surface area contributed by atoms with Crippen molar-refractivity contribution in [2.75, 3.05) is 19.6 Å². The fourth-order valence-electron chi connectivity index (χ4n) is 1.66. The van der Waals surface area contributed by atoms with Crippen LogP contribution in [0, 0.1) is 0 Å². The maximum atomic E-state index is 9.59. The molecule has 0 aliphatic carbocycles. The van der Waals surface area contributed by atoms with Crippen molar-refractivity contribution in [3.8, 4) is 5.75 Å². The van der Waals surface area contributed by atoms with E-state index in [1.54, 1.807) is 6.07 Å². The average molecular weight is 215 g/mol. The number of nitrogens with one attached hydrogen (secondary N) is 2. The van der Waals surface area contributed by atoms with Gasteiger partial charge in [-0.05, 0) is 6.07 Å². The van der Waals surface area contributed by atoms with E-state index in [1.165, 1.54) is 0 Å². The van der Waals surface area contributed by atoms with Crippen LogP contribution in [0.15, 0.2) is 24.3 Å². The van der Waals surface area contributed by atoms with Crippen molar-refractivity contribution in [3.63, 3.8) is 0 Å². The van der Waals surface area contributed by atoms with Crippen molar-refractivity contribution in [1.29, 1.82) is 0 Å². The highest BCUT2D eigenvalue weighted by atomic mass is 35.5. The number of halogens is 1. The summed E-state index contributed by atoms with van der Waals surface area (Å²) in [7, 11) is 0. The van der Waals surface area contributed by atoms with Gasteiger partial charge in [0.15, 0.2) is 0 Å². The smallest absolute Gasteiger partial charge is 0.120 e. The molecule has 14 heavy (non-hydrogen) atoms. The van der Waals surface area contributed by atoms with E-state index in [9.17, 15) is 5.11 Å². The van der Waals surface area contributed by atoms with Crippen molar-refractivity contribution in [3.05, 3.63) is 29.8 Å². The summed E-state index contributed by atoms with van der Waals surface area (Å²) in [6, 6.07) is 7.72. The van der Waals surface area contributed by atoms with Crippen LogP contribution in [0.2, 0.25) is 0 Å². The Bertz CT molecular complexity index is 287. The fraction of sp³-hybridized carbons (Fsp3) is 0.400. The highest BCUT2D eigenvalue weighted by Gasteiger charge is 2.16. The first-order valence-electron chi connectivity index (χ1n) is 4.60. The Morgan fingerprint density at radius 3 is 2.64 bits per heavy atom. The number of aromatic hydroxyl groups is 1. The van der Waals surface area contributed by atoms with Crippen molar-refractivity contribution in [1.82, 2.24) is 10.6 Å². The SMILES string of the molecule is Cl.Oc1ccccc1[C@@H]1CNCCN1. The molecule has 4 heteroatoms. The van der Waals surface area contributed by atoms with Crippen LogP contribution in [0.1, 0.15) is 11.6 Å². The van der Waals surface area contributed by atoms with Crippen LogP contribution in [0.4, 0.5) is 0 Å². The van der Waals surface area contributed by atoms with Gasteiger partial charge in [0.25, 0.3) is 0 Å². The van der Waals surface area contributed by atoms with Gasteiger partial charge in [-0.2, -0.15) is 0 Å². The molecule has 78 valence electrons. The molecule has 1 aliphatic heterocycles. The minimum atomic E-state index is 0. The minimum absolute atomic E-state index is 0. The van der Waals surface area contributed by atoms with Crippen LogP contribution in [0.3, 0.4) is 0 Å². The number of hydrogen-bond acceptors (Lipinski definition) is 3. The molecular formula is C10H15ClN2O. The summed E-state index contributed by atoms with van der Waals surface area (Å²) >= 11 is 0. The summed E-state index contributed by atoms with van der Waals surface area (Å²) in [5, 5.41) is 16.2. The summed E-state index contributed by atoms with van der Waals surface area (Å²) in [6.45, 7) is 2.85. The molecule has 3 nitrogen and oxygen atoms in total. The zero-order chi connectivity index (χ0) is 9.10. The topological polar surface area (TPSA) is 44.3 Å². The fourth-order valence-corrected chi connectivity index (χ4v) is 1.66. The standard InChI is InChI=1S/C10H14N2O.ClH/c13-10-4-2-1-3-8(10)9-7-11-5-6-12-9;/h1-4,9,11-13H,5-7H2;1H/t9-;/m0./s1. The Labute approximate surface area is 89.9 Å². The molecule has 0 bridgehead atoms. The van der Waals surface area contributed by atoms with Gasteiger partial charge in [0, 0.05) is 31.2 Å². The first-order valence-corrected chi connectivity index (χ1v) is 4.60. The third-order valence-corrected chi connectivity index (χ3v) is 2.35. The monoisotopic (exact) mass is 214 g/mol. The molecule has 0 unspecified atom stereocenters. The molecule has 0 aromatic heterocycles. The van der Waals surface area contributed by atoms with Gasteiger partial charge < -0.3 is 15.7 Å². The van der Waals surface area contributed by atoms with Crippen LogP contribution in [0.25, 0.3) is 0 Å². The third kappa shape index (κ3) is 2.38. The molecule has 0 amide bonds. The predicted octanol–water partition coefficient (Wildman–Crippen LogP) is 1.05. The van der Waals surface area contributed by atoms with Crippen molar-refractivity contribution in [2.24, 2.45) is 0 Å². The lowest BCUT2D eigenvalue weighted by atomic mass is 10.0. The molecule has 3 N–H and O–H groups in total. The Morgan fingerprint density at radius 2 is 2.00 bits per heavy atom. The van der Waals surface area contributed by atoms with Crippen molar-refractivity contribution >= 4 is 12.4 Å². The number of rotatable bonds is 1. The molecule has 1 aromatic carbocycles. The van der Waals surface area contributed by atoms with Gasteiger partial charge in [0.2, 0.25) is 0 Å². The summed E-state index contributed by atoms with van der Waals surface area (Å²) < 4.78 is 0. The van der Waals surface area contributed by atoms with Gasteiger partial charge in [-0.25, -0.2) is 0 Å². The van der Waals surface area contributed by atoms with Crippen LogP contribution in [-0.2, 0) is 0 Å². The molecule has 1 heterocycles. The van der Waals surface area contributed by atoms with E-state index < -0.39 is 0 Å². The molecular weight excluding hydrogens is 200 g/mol. The highest BCUT2D eigenvalue weighted by molar-refractivity contribution is 5.85. The number of para-hydroxylation sites is 1. The van der Waals surface area contributed by atoms with Gasteiger partial charge >= 0.3 is 0 Å². The molecule has 1 atom stereocenters. The number of phenolic OH excluding ortho intramolecular Hbond substituents is 1. The second-order valence-electron chi connectivity index (χ2n) is 3.27. The summed E-state index contributed by atoms with van der Waals surface area (Å²) in [6.07, 6.45) is 0. The van der Waals surface area contributed by atoms with Crippen LogP contribution in [-0.4, -0.2) is 24.7 Å². The van der Waals surface area contributed by atoms with Crippen molar-refractivity contribution < 1.29 is 5.11 Å². The normalized spacial score (nSPS) is 21.3. The number of benzene rings is 1. The maximum Gasteiger partial charge on any atom is 0.120 e. The molecule has 1 aromatic rings. The van der Waals surface area contributed by atoms with E-state index in [0.29, 0.717) is 5.75 Å². The molecule has 0 radical (unpaired) electrons. The molecule has 1 aliphatic rings. The molecule has 2 rings (SSSR count). The van der Waals surface area contributed by atoms with Gasteiger partial charge in [-0.3, -0.25) is 0 Å². The first kappa shape index (κ1) is 11.3. The number of piperazine rings is 1. The zero-order valence-electron chi connectivity index (χ0n) is 7.86. The maximum absolute atomic E-state index is 9.59. The second kappa shape index (κ2) is 5.20. The average Bonchev–Trinajstić information content (AvgIpc) is 2.20. The summed E-state index contributed by atoms with van der Waals surface area (Å²) in [5.74, 6) is 0.378. The first-order chi connectivity index (χ1) is 6.38. The molecule has 0 saturated carbocycles. The largest absolute Gasteiger partial charge is 0.508 e. The Kier molecular flexibility index (Phi) is 4.20. The van der Waals surface area contributed by atoms with E-state index in [4.69, 9.17) is 0 Å². The van der Waals surface area contributed by atoms with E-state index >= 15 is 0 Å². The second-order valence-corrected chi connectivity index (χ2v) is 3.27. The van der Waals surface area contributed by atoms with Crippen molar-refractivity contribution in [2.45, 2.75) is 6.04 Å². The van der Waals surface area contributed by atoms with E-state index in [2.05, 4.69) is 10.6 Å². The molecule has 1 saturated heterocycles. The molecule has 1 fully saturated rings.